The molecule has 0 saturated carbocycles. The number of benzene rings is 1. The second-order valence-corrected chi connectivity index (χ2v) is 4.00. The fourth-order valence-electron chi connectivity index (χ4n) is 1.56. The van der Waals surface area contributed by atoms with Crippen molar-refractivity contribution in [2.75, 3.05) is 7.11 Å². The molecule has 0 bridgehead atoms. The van der Waals surface area contributed by atoms with E-state index >= 15 is 0 Å². The summed E-state index contributed by atoms with van der Waals surface area (Å²) in [5.74, 6) is 0.804. The van der Waals surface area contributed by atoms with E-state index in [1.807, 2.05) is 18.2 Å². The van der Waals surface area contributed by atoms with Crippen LogP contribution >= 0.6 is 0 Å². The van der Waals surface area contributed by atoms with Crippen LogP contribution < -0.4 is 4.74 Å². The fraction of sp³-hybridized carbons (Fsp3) is 0.357. The molecule has 1 rings (SSSR count). The summed E-state index contributed by atoms with van der Waals surface area (Å²) in [5, 5.41) is 0. The number of carbonyl (C=O) groups excluding carboxylic acids is 1. The minimum Gasteiger partial charge on any atom is -0.497 e. The van der Waals surface area contributed by atoms with Gasteiger partial charge in [0.25, 0.3) is 0 Å². The zero-order valence-corrected chi connectivity index (χ0v) is 10.1. The zero-order valence-electron chi connectivity index (χ0n) is 10.1. The molecule has 0 saturated heterocycles. The summed E-state index contributed by atoms with van der Waals surface area (Å²) >= 11 is 0. The first-order valence-electron chi connectivity index (χ1n) is 5.43. The summed E-state index contributed by atoms with van der Waals surface area (Å²) in [7, 11) is 1.63. The molecule has 0 spiro atoms. The quantitative estimate of drug-likeness (QED) is 0.559. The maximum atomic E-state index is 10.9. The SMILES string of the molecule is COc1ccc(C=O)c(CCC=C(C)C)c1. The minimum absolute atomic E-state index is 0.753. The van der Waals surface area contributed by atoms with Crippen molar-refractivity contribution in [2.45, 2.75) is 26.7 Å². The average Bonchev–Trinajstić information content (AvgIpc) is 2.28. The third kappa shape index (κ3) is 3.54. The van der Waals surface area contributed by atoms with E-state index < -0.39 is 0 Å². The zero-order chi connectivity index (χ0) is 12.0. The van der Waals surface area contributed by atoms with Crippen LogP contribution in [0.4, 0.5) is 0 Å². The van der Waals surface area contributed by atoms with E-state index in [4.69, 9.17) is 4.74 Å². The number of methoxy groups -OCH3 is 1. The van der Waals surface area contributed by atoms with Crippen LogP contribution in [0.25, 0.3) is 0 Å². The molecule has 0 atom stereocenters. The highest BCUT2D eigenvalue weighted by Gasteiger charge is 2.02. The molecule has 2 heteroatoms. The Labute approximate surface area is 96.9 Å². The van der Waals surface area contributed by atoms with Gasteiger partial charge >= 0.3 is 0 Å². The normalized spacial score (nSPS) is 9.69. The summed E-state index contributed by atoms with van der Waals surface area (Å²) < 4.78 is 5.15. The van der Waals surface area contributed by atoms with Crippen molar-refractivity contribution in [3.63, 3.8) is 0 Å². The summed E-state index contributed by atoms with van der Waals surface area (Å²) in [5.41, 5.74) is 3.10. The van der Waals surface area contributed by atoms with Gasteiger partial charge in [0.2, 0.25) is 0 Å². The van der Waals surface area contributed by atoms with Gasteiger partial charge in [0, 0.05) is 5.56 Å². The standard InChI is InChI=1S/C14H18O2/c1-11(2)5-4-6-12-9-14(16-3)8-7-13(12)10-15/h5,7-10H,4,6H2,1-3H3. The van der Waals surface area contributed by atoms with Crippen molar-refractivity contribution in [1.29, 1.82) is 0 Å². The van der Waals surface area contributed by atoms with Crippen molar-refractivity contribution < 1.29 is 9.53 Å². The van der Waals surface area contributed by atoms with Crippen molar-refractivity contribution >= 4 is 6.29 Å². The van der Waals surface area contributed by atoms with E-state index in [-0.39, 0.29) is 0 Å². The molecule has 0 heterocycles. The summed E-state index contributed by atoms with van der Waals surface area (Å²) in [6.45, 7) is 4.15. The Kier molecular flexibility index (Phi) is 4.77. The van der Waals surface area contributed by atoms with Crippen LogP contribution in [0.5, 0.6) is 5.75 Å². The van der Waals surface area contributed by atoms with Gasteiger partial charge < -0.3 is 4.74 Å². The summed E-state index contributed by atoms with van der Waals surface area (Å²) in [4.78, 5) is 10.9. The number of aryl methyl sites for hydroxylation is 1. The van der Waals surface area contributed by atoms with Gasteiger partial charge in [-0.3, -0.25) is 4.79 Å². The lowest BCUT2D eigenvalue weighted by Gasteiger charge is -2.06. The van der Waals surface area contributed by atoms with E-state index in [1.54, 1.807) is 7.11 Å². The van der Waals surface area contributed by atoms with Gasteiger partial charge in [-0.05, 0) is 50.5 Å². The molecular weight excluding hydrogens is 200 g/mol. The van der Waals surface area contributed by atoms with Gasteiger partial charge in [0.05, 0.1) is 7.11 Å². The Morgan fingerprint density at radius 2 is 2.12 bits per heavy atom. The number of aldehydes is 1. The van der Waals surface area contributed by atoms with Gasteiger partial charge in [0.1, 0.15) is 12.0 Å². The molecule has 0 aliphatic carbocycles. The van der Waals surface area contributed by atoms with Crippen LogP contribution in [0, 0.1) is 0 Å². The van der Waals surface area contributed by atoms with Crippen LogP contribution in [-0.2, 0) is 6.42 Å². The van der Waals surface area contributed by atoms with Crippen LogP contribution in [-0.4, -0.2) is 13.4 Å². The Morgan fingerprint density at radius 1 is 1.38 bits per heavy atom. The third-order valence-electron chi connectivity index (χ3n) is 2.44. The highest BCUT2D eigenvalue weighted by Crippen LogP contribution is 2.18. The first-order valence-corrected chi connectivity index (χ1v) is 5.43. The number of ether oxygens (including phenoxy) is 1. The second-order valence-electron chi connectivity index (χ2n) is 4.00. The van der Waals surface area contributed by atoms with Crippen molar-refractivity contribution in [3.8, 4) is 5.75 Å². The monoisotopic (exact) mass is 218 g/mol. The van der Waals surface area contributed by atoms with E-state index in [9.17, 15) is 4.79 Å². The molecule has 0 aliphatic heterocycles. The van der Waals surface area contributed by atoms with Gasteiger partial charge in [-0.1, -0.05) is 11.6 Å². The van der Waals surface area contributed by atoms with Gasteiger partial charge in [-0.25, -0.2) is 0 Å². The molecule has 0 aromatic heterocycles. The molecule has 0 aliphatic rings. The van der Waals surface area contributed by atoms with Crippen LogP contribution in [0.15, 0.2) is 29.8 Å². The van der Waals surface area contributed by atoms with Gasteiger partial charge in [-0.15, -0.1) is 0 Å². The van der Waals surface area contributed by atoms with Crippen molar-refractivity contribution in [2.24, 2.45) is 0 Å². The fourth-order valence-corrected chi connectivity index (χ4v) is 1.56. The first kappa shape index (κ1) is 12.5. The molecule has 0 N–H and O–H groups in total. The van der Waals surface area contributed by atoms with Gasteiger partial charge in [-0.2, -0.15) is 0 Å². The number of allylic oxidation sites excluding steroid dienone is 2. The largest absolute Gasteiger partial charge is 0.497 e. The number of carbonyl (C=O) groups is 1. The van der Waals surface area contributed by atoms with Crippen molar-refractivity contribution in [3.05, 3.63) is 41.0 Å². The number of rotatable bonds is 5. The molecule has 0 unspecified atom stereocenters. The first-order chi connectivity index (χ1) is 7.67. The molecule has 0 fully saturated rings. The van der Waals surface area contributed by atoms with Crippen LogP contribution in [0.3, 0.4) is 0 Å². The predicted molar refractivity (Wildman–Crippen MR) is 66.1 cm³/mol. The van der Waals surface area contributed by atoms with E-state index in [1.165, 1.54) is 5.57 Å². The van der Waals surface area contributed by atoms with Crippen molar-refractivity contribution in [1.82, 2.24) is 0 Å². The average molecular weight is 218 g/mol. The highest BCUT2D eigenvalue weighted by atomic mass is 16.5. The predicted octanol–water partition coefficient (Wildman–Crippen LogP) is 3.41. The van der Waals surface area contributed by atoms with Crippen LogP contribution in [0.2, 0.25) is 0 Å². The third-order valence-corrected chi connectivity index (χ3v) is 2.44. The molecule has 1 aromatic rings. The Hall–Kier alpha value is -1.57. The maximum absolute atomic E-state index is 10.9. The Bertz CT molecular complexity index is 388. The Morgan fingerprint density at radius 3 is 2.69 bits per heavy atom. The molecule has 86 valence electrons. The molecule has 0 amide bonds. The highest BCUT2D eigenvalue weighted by molar-refractivity contribution is 5.77. The smallest absolute Gasteiger partial charge is 0.150 e. The number of hydrogen-bond acceptors (Lipinski definition) is 2. The molecule has 1 aromatic carbocycles. The number of hydrogen-bond donors (Lipinski definition) is 0. The molecular formula is C14H18O2. The molecule has 16 heavy (non-hydrogen) atoms. The topological polar surface area (TPSA) is 26.3 Å². The van der Waals surface area contributed by atoms with Crippen LogP contribution in [0.1, 0.15) is 36.2 Å². The summed E-state index contributed by atoms with van der Waals surface area (Å²) in [6, 6.07) is 5.56. The maximum Gasteiger partial charge on any atom is 0.150 e. The molecule has 2 nitrogen and oxygen atoms in total. The van der Waals surface area contributed by atoms with E-state index in [0.29, 0.717) is 0 Å². The lowest BCUT2D eigenvalue weighted by molar-refractivity contribution is 0.112. The summed E-state index contributed by atoms with van der Waals surface area (Å²) in [6.07, 6.45) is 4.90. The Balaban J connectivity index is 2.83. The van der Waals surface area contributed by atoms with E-state index in [0.717, 1.165) is 36.0 Å². The van der Waals surface area contributed by atoms with E-state index in [2.05, 4.69) is 19.9 Å². The minimum atomic E-state index is 0.753. The molecule has 0 radical (unpaired) electrons. The lowest BCUT2D eigenvalue weighted by atomic mass is 10.0. The lowest BCUT2D eigenvalue weighted by Crippen LogP contribution is -1.94. The second kappa shape index (κ2) is 6.11. The van der Waals surface area contributed by atoms with Gasteiger partial charge in [0.15, 0.2) is 0 Å².